The van der Waals surface area contributed by atoms with Crippen molar-refractivity contribution < 1.29 is 19.4 Å². The minimum atomic E-state index is -0.842. The predicted molar refractivity (Wildman–Crippen MR) is 61.6 cm³/mol. The Hall–Kier alpha value is -0.650. The van der Waals surface area contributed by atoms with Crippen molar-refractivity contribution in [1.82, 2.24) is 5.32 Å². The van der Waals surface area contributed by atoms with Crippen LogP contribution in [-0.2, 0) is 14.3 Å². The molecule has 0 aromatic carbocycles. The molecule has 0 aromatic heterocycles. The van der Waals surface area contributed by atoms with Gasteiger partial charge in [-0.05, 0) is 19.9 Å². The molecule has 1 unspecified atom stereocenters. The van der Waals surface area contributed by atoms with Crippen molar-refractivity contribution in [1.29, 1.82) is 0 Å². The molecule has 0 spiro atoms. The molecule has 0 amide bonds. The third-order valence-electron chi connectivity index (χ3n) is 2.21. The molecule has 0 fully saturated rings. The number of aliphatic carboxylic acids is 1. The van der Waals surface area contributed by atoms with E-state index < -0.39 is 12.0 Å². The van der Waals surface area contributed by atoms with E-state index in [1.165, 1.54) is 0 Å². The Morgan fingerprint density at radius 1 is 1.25 bits per heavy atom. The highest BCUT2D eigenvalue weighted by Crippen LogP contribution is 1.93. The molecular weight excluding hydrogens is 210 g/mol. The number of hydrogen-bond donors (Lipinski definition) is 2. The first-order valence-corrected chi connectivity index (χ1v) is 5.78. The third kappa shape index (κ3) is 8.64. The number of rotatable bonds is 11. The van der Waals surface area contributed by atoms with Gasteiger partial charge in [-0.25, -0.2) is 0 Å². The van der Waals surface area contributed by atoms with Gasteiger partial charge in [0.15, 0.2) is 0 Å². The summed E-state index contributed by atoms with van der Waals surface area (Å²) in [7, 11) is 1.63. The predicted octanol–water partition coefficient (Wildman–Crippen LogP) is 0.882. The van der Waals surface area contributed by atoms with E-state index >= 15 is 0 Å². The summed E-state index contributed by atoms with van der Waals surface area (Å²) >= 11 is 0. The molecule has 0 saturated carbocycles. The van der Waals surface area contributed by atoms with Gasteiger partial charge in [-0.1, -0.05) is 13.3 Å². The average Bonchev–Trinajstić information content (AvgIpc) is 2.26. The molecule has 0 radical (unpaired) electrons. The summed E-state index contributed by atoms with van der Waals surface area (Å²) in [5, 5.41) is 11.4. The Labute approximate surface area is 97.1 Å². The van der Waals surface area contributed by atoms with Crippen molar-refractivity contribution in [2.45, 2.75) is 32.2 Å². The molecule has 16 heavy (non-hydrogen) atoms. The summed E-state index contributed by atoms with van der Waals surface area (Å²) in [4.78, 5) is 10.6. The summed E-state index contributed by atoms with van der Waals surface area (Å²) in [6.07, 6.45) is 2.67. The van der Waals surface area contributed by atoms with E-state index in [1.54, 1.807) is 7.05 Å². The van der Waals surface area contributed by atoms with Crippen LogP contribution in [0.15, 0.2) is 0 Å². The van der Waals surface area contributed by atoms with E-state index in [9.17, 15) is 4.79 Å². The zero-order valence-corrected chi connectivity index (χ0v) is 10.2. The fourth-order valence-corrected chi connectivity index (χ4v) is 1.16. The van der Waals surface area contributed by atoms with Crippen LogP contribution >= 0.6 is 0 Å². The average molecular weight is 233 g/mol. The first kappa shape index (κ1) is 15.3. The zero-order valence-electron chi connectivity index (χ0n) is 10.2. The molecule has 5 nitrogen and oxygen atoms in total. The molecule has 2 N–H and O–H groups in total. The molecule has 0 saturated heterocycles. The number of hydrogen-bond acceptors (Lipinski definition) is 4. The molecule has 0 bridgehead atoms. The Morgan fingerprint density at radius 3 is 2.38 bits per heavy atom. The second-order valence-electron chi connectivity index (χ2n) is 3.55. The van der Waals surface area contributed by atoms with E-state index in [-0.39, 0.29) is 0 Å². The molecular formula is C11H23NO4. The van der Waals surface area contributed by atoms with Crippen molar-refractivity contribution in [3.63, 3.8) is 0 Å². The van der Waals surface area contributed by atoms with E-state index in [2.05, 4.69) is 12.2 Å². The van der Waals surface area contributed by atoms with E-state index in [1.807, 2.05) is 0 Å². The largest absolute Gasteiger partial charge is 0.480 e. The number of carboxylic acids is 1. The number of ether oxygens (including phenoxy) is 2. The number of likely N-dealkylation sites (N-methyl/N-ethyl adjacent to an activating group) is 1. The Morgan fingerprint density at radius 2 is 1.88 bits per heavy atom. The van der Waals surface area contributed by atoms with Gasteiger partial charge in [0, 0.05) is 13.2 Å². The molecule has 0 aliphatic heterocycles. The maximum absolute atomic E-state index is 10.6. The first-order valence-electron chi connectivity index (χ1n) is 5.78. The first-order chi connectivity index (χ1) is 7.72. The molecule has 96 valence electrons. The van der Waals surface area contributed by atoms with Crippen LogP contribution < -0.4 is 5.32 Å². The van der Waals surface area contributed by atoms with Crippen LogP contribution in [0.2, 0.25) is 0 Å². The minimum absolute atomic E-state index is 0.439. The van der Waals surface area contributed by atoms with Gasteiger partial charge >= 0.3 is 5.97 Å². The number of carboxylic acid groups (broad SMARTS) is 1. The molecule has 0 aromatic rings. The van der Waals surface area contributed by atoms with Crippen molar-refractivity contribution in [2.75, 3.05) is 33.5 Å². The summed E-state index contributed by atoms with van der Waals surface area (Å²) in [5.74, 6) is -0.842. The van der Waals surface area contributed by atoms with Gasteiger partial charge in [-0.3, -0.25) is 4.79 Å². The zero-order chi connectivity index (χ0) is 12.2. The van der Waals surface area contributed by atoms with Gasteiger partial charge in [0.1, 0.15) is 6.04 Å². The maximum Gasteiger partial charge on any atom is 0.320 e. The number of unbranched alkanes of at least 4 members (excludes halogenated alkanes) is 1. The van der Waals surface area contributed by atoms with Crippen molar-refractivity contribution >= 4 is 5.97 Å². The van der Waals surface area contributed by atoms with Crippen LogP contribution in [0.3, 0.4) is 0 Å². The third-order valence-corrected chi connectivity index (χ3v) is 2.21. The summed E-state index contributed by atoms with van der Waals surface area (Å²) < 4.78 is 10.6. The van der Waals surface area contributed by atoms with Crippen molar-refractivity contribution in [3.05, 3.63) is 0 Å². The maximum atomic E-state index is 10.6. The van der Waals surface area contributed by atoms with Crippen molar-refractivity contribution in [3.8, 4) is 0 Å². The van der Waals surface area contributed by atoms with Gasteiger partial charge < -0.3 is 19.9 Å². The smallest absolute Gasteiger partial charge is 0.320 e. The second kappa shape index (κ2) is 10.9. The molecule has 5 heteroatoms. The fraction of sp³-hybridized carbons (Fsp3) is 0.909. The van der Waals surface area contributed by atoms with Crippen LogP contribution in [0.5, 0.6) is 0 Å². The van der Waals surface area contributed by atoms with Gasteiger partial charge in [0.05, 0.1) is 13.2 Å². The topological polar surface area (TPSA) is 67.8 Å². The lowest BCUT2D eigenvalue weighted by Crippen LogP contribution is -2.34. The van der Waals surface area contributed by atoms with Crippen LogP contribution in [0.1, 0.15) is 26.2 Å². The summed E-state index contributed by atoms with van der Waals surface area (Å²) in [6.45, 7) is 4.43. The Balaban J connectivity index is 3.22. The SMILES string of the molecule is CCCCOCCOCCC(NC)C(=O)O. The van der Waals surface area contributed by atoms with Gasteiger partial charge in [-0.15, -0.1) is 0 Å². The Bertz CT molecular complexity index is 175. The molecule has 1 atom stereocenters. The van der Waals surface area contributed by atoms with E-state index in [0.717, 1.165) is 19.4 Å². The number of carbonyl (C=O) groups is 1. The van der Waals surface area contributed by atoms with Gasteiger partial charge in [0.25, 0.3) is 0 Å². The lowest BCUT2D eigenvalue weighted by Gasteiger charge is -2.11. The van der Waals surface area contributed by atoms with Crippen LogP contribution in [-0.4, -0.2) is 50.6 Å². The normalized spacial score (nSPS) is 12.6. The lowest BCUT2D eigenvalue weighted by atomic mass is 10.2. The minimum Gasteiger partial charge on any atom is -0.480 e. The van der Waals surface area contributed by atoms with Crippen LogP contribution in [0.4, 0.5) is 0 Å². The highest BCUT2D eigenvalue weighted by molar-refractivity contribution is 5.73. The van der Waals surface area contributed by atoms with Crippen LogP contribution in [0, 0.1) is 0 Å². The molecule has 0 rings (SSSR count). The quantitative estimate of drug-likeness (QED) is 0.519. The molecule has 0 aliphatic carbocycles. The fourth-order valence-electron chi connectivity index (χ4n) is 1.16. The monoisotopic (exact) mass is 233 g/mol. The summed E-state index contributed by atoms with van der Waals surface area (Å²) in [6, 6.07) is -0.527. The molecule has 0 heterocycles. The molecule has 0 aliphatic rings. The second-order valence-corrected chi connectivity index (χ2v) is 3.55. The van der Waals surface area contributed by atoms with Gasteiger partial charge in [0.2, 0.25) is 0 Å². The van der Waals surface area contributed by atoms with Gasteiger partial charge in [-0.2, -0.15) is 0 Å². The van der Waals surface area contributed by atoms with Crippen LogP contribution in [0.25, 0.3) is 0 Å². The van der Waals surface area contributed by atoms with E-state index in [4.69, 9.17) is 14.6 Å². The number of nitrogens with one attached hydrogen (secondary N) is 1. The lowest BCUT2D eigenvalue weighted by molar-refractivity contribution is -0.139. The highest BCUT2D eigenvalue weighted by Gasteiger charge is 2.13. The van der Waals surface area contributed by atoms with E-state index in [0.29, 0.717) is 26.2 Å². The standard InChI is InChI=1S/C11H23NO4/c1-3-4-6-15-8-9-16-7-5-10(12-2)11(13)14/h10,12H,3-9H2,1-2H3,(H,13,14). The Kier molecular flexibility index (Phi) is 10.4. The highest BCUT2D eigenvalue weighted by atomic mass is 16.5. The van der Waals surface area contributed by atoms with Crippen molar-refractivity contribution in [2.24, 2.45) is 0 Å². The summed E-state index contributed by atoms with van der Waals surface area (Å²) in [5.41, 5.74) is 0.